The molecule has 1 heterocycles. The molecule has 1 aliphatic rings. The fraction of sp³-hybridized carbons (Fsp3) is 0.696. The number of carbonyl (C=O) groups excluding carboxylic acids is 3. The minimum atomic E-state index is -0.564. The number of hydrogen-bond donors (Lipinski definition) is 0. The van der Waals surface area contributed by atoms with E-state index in [2.05, 4.69) is 13.8 Å². The fourth-order valence-electron chi connectivity index (χ4n) is 4.19. The third-order valence-electron chi connectivity index (χ3n) is 5.94. The van der Waals surface area contributed by atoms with Crippen LogP contribution in [0.5, 0.6) is 0 Å². The third-order valence-corrected chi connectivity index (χ3v) is 5.94. The van der Waals surface area contributed by atoms with Crippen molar-refractivity contribution in [3.63, 3.8) is 0 Å². The summed E-state index contributed by atoms with van der Waals surface area (Å²) in [5.41, 5.74) is 2.37. The van der Waals surface area contributed by atoms with Crippen molar-refractivity contribution in [2.75, 3.05) is 13.2 Å². The summed E-state index contributed by atoms with van der Waals surface area (Å²) in [6.07, 6.45) is 2.89. The molecule has 1 unspecified atom stereocenters. The van der Waals surface area contributed by atoms with Gasteiger partial charge in [-0.1, -0.05) is 20.3 Å². The maximum atomic E-state index is 13.5. The van der Waals surface area contributed by atoms with Gasteiger partial charge in [0.2, 0.25) is 5.91 Å². The Kier molecular flexibility index (Phi) is 7.66. The van der Waals surface area contributed by atoms with Crippen molar-refractivity contribution in [1.82, 2.24) is 9.47 Å². The lowest BCUT2D eigenvalue weighted by Crippen LogP contribution is -2.49. The molecule has 162 valence electrons. The molecular formula is C23H36N2O4. The lowest BCUT2D eigenvalue weighted by atomic mass is 9.83. The summed E-state index contributed by atoms with van der Waals surface area (Å²) in [7, 11) is 0. The van der Waals surface area contributed by atoms with Crippen LogP contribution in [0.3, 0.4) is 0 Å². The van der Waals surface area contributed by atoms with Gasteiger partial charge < -0.3 is 14.2 Å². The molecule has 2 rings (SSSR count). The Morgan fingerprint density at radius 2 is 1.76 bits per heavy atom. The summed E-state index contributed by atoms with van der Waals surface area (Å²) in [4.78, 5) is 40.8. The van der Waals surface area contributed by atoms with Gasteiger partial charge in [0.25, 0.3) is 0 Å². The van der Waals surface area contributed by atoms with Gasteiger partial charge in [-0.3, -0.25) is 9.59 Å². The van der Waals surface area contributed by atoms with Crippen LogP contribution in [0.2, 0.25) is 0 Å². The van der Waals surface area contributed by atoms with Crippen molar-refractivity contribution in [1.29, 1.82) is 0 Å². The average Bonchev–Trinajstić information content (AvgIpc) is 2.86. The van der Waals surface area contributed by atoms with Crippen LogP contribution in [0.25, 0.3) is 0 Å². The van der Waals surface area contributed by atoms with Crippen molar-refractivity contribution < 1.29 is 19.1 Å². The average molecular weight is 405 g/mol. The molecule has 0 aromatic carbocycles. The van der Waals surface area contributed by atoms with Gasteiger partial charge >= 0.3 is 5.97 Å². The van der Waals surface area contributed by atoms with E-state index in [1.807, 2.05) is 25.3 Å². The monoisotopic (exact) mass is 404 g/mol. The van der Waals surface area contributed by atoms with E-state index in [0.717, 1.165) is 25.0 Å². The molecule has 0 radical (unpaired) electrons. The molecule has 6 nitrogen and oxygen atoms in total. The van der Waals surface area contributed by atoms with Gasteiger partial charge in [0.1, 0.15) is 5.69 Å². The van der Waals surface area contributed by atoms with E-state index in [0.29, 0.717) is 29.9 Å². The summed E-state index contributed by atoms with van der Waals surface area (Å²) < 4.78 is 7.06. The second kappa shape index (κ2) is 9.59. The molecule has 0 aliphatic heterocycles. The van der Waals surface area contributed by atoms with Gasteiger partial charge in [-0.15, -0.1) is 0 Å². The van der Waals surface area contributed by atoms with E-state index in [1.54, 1.807) is 18.7 Å². The van der Waals surface area contributed by atoms with Crippen molar-refractivity contribution in [3.8, 4) is 0 Å². The highest BCUT2D eigenvalue weighted by atomic mass is 16.5. The summed E-state index contributed by atoms with van der Waals surface area (Å²) in [6, 6.07) is -0.564. The van der Waals surface area contributed by atoms with Crippen LogP contribution < -0.4 is 0 Å². The molecule has 1 saturated carbocycles. The number of amides is 1. The Labute approximate surface area is 174 Å². The predicted octanol–water partition coefficient (Wildman–Crippen LogP) is 4.16. The molecule has 1 amide bonds. The van der Waals surface area contributed by atoms with Crippen LogP contribution in [0.15, 0.2) is 0 Å². The van der Waals surface area contributed by atoms with E-state index in [9.17, 15) is 14.4 Å². The maximum absolute atomic E-state index is 13.5. The zero-order valence-electron chi connectivity index (χ0n) is 19.0. The second-order valence-corrected chi connectivity index (χ2v) is 8.45. The van der Waals surface area contributed by atoms with Crippen molar-refractivity contribution in [3.05, 3.63) is 22.5 Å². The summed E-state index contributed by atoms with van der Waals surface area (Å²) >= 11 is 0. The Balaban J connectivity index is 2.42. The van der Waals surface area contributed by atoms with Crippen molar-refractivity contribution >= 4 is 17.7 Å². The SMILES string of the molecule is CCOC(=O)c1c(C)c(C(=O)C(C)N(CC(C)C)C(=O)C2CCC2)c(C)n1CC. The van der Waals surface area contributed by atoms with Gasteiger partial charge in [-0.2, -0.15) is 0 Å². The van der Waals surface area contributed by atoms with Gasteiger partial charge in [0, 0.05) is 30.3 Å². The quantitative estimate of drug-likeness (QED) is 0.458. The lowest BCUT2D eigenvalue weighted by Gasteiger charge is -2.36. The first-order chi connectivity index (χ1) is 13.6. The molecule has 6 heteroatoms. The minimum absolute atomic E-state index is 0.0431. The molecule has 1 aromatic heterocycles. The molecule has 1 aliphatic carbocycles. The number of esters is 1. The first kappa shape index (κ1) is 23.2. The zero-order chi connectivity index (χ0) is 21.9. The van der Waals surface area contributed by atoms with Crippen LogP contribution in [0.4, 0.5) is 0 Å². The predicted molar refractivity (Wildman–Crippen MR) is 113 cm³/mol. The topological polar surface area (TPSA) is 68.6 Å². The lowest BCUT2D eigenvalue weighted by molar-refractivity contribution is -0.140. The highest BCUT2D eigenvalue weighted by molar-refractivity contribution is 6.06. The minimum Gasteiger partial charge on any atom is -0.461 e. The highest BCUT2D eigenvalue weighted by Crippen LogP contribution is 2.31. The van der Waals surface area contributed by atoms with Crippen LogP contribution in [-0.4, -0.2) is 46.3 Å². The number of carbonyl (C=O) groups is 3. The second-order valence-electron chi connectivity index (χ2n) is 8.45. The number of ether oxygens (including phenoxy) is 1. The number of nitrogens with zero attached hydrogens (tertiary/aromatic N) is 2. The summed E-state index contributed by atoms with van der Waals surface area (Å²) in [5.74, 6) is -0.118. The number of rotatable bonds is 9. The Hall–Kier alpha value is -2.11. The number of aromatic nitrogens is 1. The van der Waals surface area contributed by atoms with E-state index in [-0.39, 0.29) is 30.1 Å². The largest absolute Gasteiger partial charge is 0.461 e. The highest BCUT2D eigenvalue weighted by Gasteiger charge is 2.36. The molecule has 0 N–H and O–H groups in total. The molecule has 0 saturated heterocycles. The van der Waals surface area contributed by atoms with Crippen LogP contribution in [0.1, 0.15) is 86.0 Å². The zero-order valence-corrected chi connectivity index (χ0v) is 19.0. The summed E-state index contributed by atoms with van der Waals surface area (Å²) in [5, 5.41) is 0. The molecule has 1 atom stereocenters. The normalized spacial score (nSPS) is 15.2. The first-order valence-electron chi connectivity index (χ1n) is 10.9. The first-order valence-corrected chi connectivity index (χ1v) is 10.9. The van der Waals surface area contributed by atoms with Crippen LogP contribution >= 0.6 is 0 Å². The van der Waals surface area contributed by atoms with Crippen molar-refractivity contribution in [2.24, 2.45) is 11.8 Å². The molecule has 0 spiro atoms. The molecule has 0 bridgehead atoms. The number of hydrogen-bond acceptors (Lipinski definition) is 4. The van der Waals surface area contributed by atoms with E-state index in [4.69, 9.17) is 4.74 Å². The third kappa shape index (κ3) is 4.57. The van der Waals surface area contributed by atoms with E-state index >= 15 is 0 Å². The molecule has 1 fully saturated rings. The smallest absolute Gasteiger partial charge is 0.355 e. The van der Waals surface area contributed by atoms with Crippen LogP contribution in [0, 0.1) is 25.7 Å². The van der Waals surface area contributed by atoms with Gasteiger partial charge in [-0.25, -0.2) is 4.79 Å². The Morgan fingerprint density at radius 1 is 1.14 bits per heavy atom. The Bertz CT molecular complexity index is 774. The summed E-state index contributed by atoms with van der Waals surface area (Å²) in [6.45, 7) is 14.7. The van der Waals surface area contributed by atoms with Gasteiger partial charge in [0.15, 0.2) is 5.78 Å². The van der Waals surface area contributed by atoms with E-state index < -0.39 is 12.0 Å². The maximum Gasteiger partial charge on any atom is 0.355 e. The van der Waals surface area contributed by atoms with Crippen LogP contribution in [-0.2, 0) is 16.1 Å². The molecular weight excluding hydrogens is 368 g/mol. The number of ketones is 1. The van der Waals surface area contributed by atoms with Crippen molar-refractivity contribution in [2.45, 2.75) is 80.3 Å². The molecule has 29 heavy (non-hydrogen) atoms. The standard InChI is InChI=1S/C23H36N2O4/c1-8-24-16(6)19(15(5)20(24)23(28)29-9-2)21(26)17(7)25(13-14(3)4)22(27)18-11-10-12-18/h14,17-18H,8-13H2,1-7H3. The fourth-order valence-corrected chi connectivity index (χ4v) is 4.19. The van der Waals surface area contributed by atoms with Gasteiger partial charge in [0.05, 0.1) is 12.6 Å². The number of Topliss-reactive ketones (excluding diaryl/α,β-unsaturated/α-hetero) is 1. The molecule has 1 aromatic rings. The van der Waals surface area contributed by atoms with E-state index in [1.165, 1.54) is 0 Å². The van der Waals surface area contributed by atoms with Gasteiger partial charge in [-0.05, 0) is 58.9 Å². The Morgan fingerprint density at radius 3 is 2.21 bits per heavy atom.